The zero-order valence-corrected chi connectivity index (χ0v) is 17.2. The van der Waals surface area contributed by atoms with E-state index in [1.165, 1.54) is 16.9 Å². The van der Waals surface area contributed by atoms with Gasteiger partial charge in [0.15, 0.2) is 17.3 Å². The summed E-state index contributed by atoms with van der Waals surface area (Å²) in [6, 6.07) is 18.1. The molecule has 27 heavy (non-hydrogen) atoms. The molecule has 1 aromatic heterocycles. The molecule has 140 valence electrons. The lowest BCUT2D eigenvalue weighted by Crippen LogP contribution is -2.05. The maximum atomic E-state index is 12.8. The Morgan fingerprint density at radius 1 is 1.04 bits per heavy atom. The van der Waals surface area contributed by atoms with Crippen LogP contribution in [0.2, 0.25) is 0 Å². The summed E-state index contributed by atoms with van der Waals surface area (Å²) >= 11 is 3.18. The molecule has 0 aliphatic heterocycles. The van der Waals surface area contributed by atoms with Crippen molar-refractivity contribution in [1.82, 2.24) is 0 Å². The summed E-state index contributed by atoms with van der Waals surface area (Å²) in [4.78, 5) is 14.7. The van der Waals surface area contributed by atoms with Gasteiger partial charge in [-0.2, -0.15) is 0 Å². The van der Waals surface area contributed by atoms with Gasteiger partial charge in [-0.3, -0.25) is 4.79 Å². The van der Waals surface area contributed by atoms with E-state index in [0.29, 0.717) is 17.9 Å². The van der Waals surface area contributed by atoms with Crippen molar-refractivity contribution in [2.24, 2.45) is 0 Å². The van der Waals surface area contributed by atoms with Crippen molar-refractivity contribution in [1.29, 1.82) is 0 Å². The predicted molar refractivity (Wildman–Crippen MR) is 113 cm³/mol. The molecule has 1 atom stereocenters. The highest BCUT2D eigenvalue weighted by Crippen LogP contribution is 2.41. The second-order valence-corrected chi connectivity index (χ2v) is 8.36. The van der Waals surface area contributed by atoms with Crippen molar-refractivity contribution < 1.29 is 14.3 Å². The molecule has 3 nitrogen and oxygen atoms in total. The predicted octanol–water partition coefficient (Wildman–Crippen LogP) is 6.18. The van der Waals surface area contributed by atoms with Gasteiger partial charge in [0, 0.05) is 16.6 Å². The van der Waals surface area contributed by atoms with Crippen LogP contribution in [0.4, 0.5) is 0 Å². The van der Waals surface area contributed by atoms with Crippen molar-refractivity contribution >= 4 is 28.9 Å². The first kappa shape index (κ1) is 19.5. The summed E-state index contributed by atoms with van der Waals surface area (Å²) < 4.78 is 10.8. The SMILES string of the molecule is COc1ccc([C@H](CC(=O)c2cccs2)Sc2ccc(C)cc2)cc1OC. The van der Waals surface area contributed by atoms with E-state index < -0.39 is 0 Å². The van der Waals surface area contributed by atoms with Crippen LogP contribution in [0.5, 0.6) is 11.5 Å². The molecular weight excluding hydrogens is 376 g/mol. The molecule has 0 amide bonds. The molecule has 0 aliphatic carbocycles. The zero-order valence-electron chi connectivity index (χ0n) is 15.6. The smallest absolute Gasteiger partial charge is 0.174 e. The van der Waals surface area contributed by atoms with Crippen molar-refractivity contribution in [3.05, 3.63) is 76.0 Å². The normalized spacial score (nSPS) is 11.8. The summed E-state index contributed by atoms with van der Waals surface area (Å²) in [6.45, 7) is 2.07. The fraction of sp³-hybridized carbons (Fsp3) is 0.227. The van der Waals surface area contributed by atoms with E-state index in [9.17, 15) is 4.79 Å². The number of carbonyl (C=O) groups excluding carboxylic acids is 1. The monoisotopic (exact) mass is 398 g/mol. The Balaban J connectivity index is 1.91. The molecule has 1 heterocycles. The number of thiophene rings is 1. The maximum Gasteiger partial charge on any atom is 0.174 e. The number of Topliss-reactive ketones (excluding diaryl/α,β-unsaturated/α-hetero) is 1. The molecule has 2 aromatic carbocycles. The van der Waals surface area contributed by atoms with Crippen LogP contribution in [0, 0.1) is 6.92 Å². The van der Waals surface area contributed by atoms with Gasteiger partial charge in [-0.15, -0.1) is 23.1 Å². The number of methoxy groups -OCH3 is 2. The fourth-order valence-electron chi connectivity index (χ4n) is 2.77. The molecule has 0 spiro atoms. The van der Waals surface area contributed by atoms with Crippen LogP contribution in [-0.4, -0.2) is 20.0 Å². The van der Waals surface area contributed by atoms with Crippen LogP contribution in [0.3, 0.4) is 0 Å². The number of hydrogen-bond acceptors (Lipinski definition) is 5. The number of thioether (sulfide) groups is 1. The number of ketones is 1. The summed E-state index contributed by atoms with van der Waals surface area (Å²) in [6.07, 6.45) is 0.425. The van der Waals surface area contributed by atoms with Crippen LogP contribution in [0.1, 0.15) is 32.5 Å². The lowest BCUT2D eigenvalue weighted by atomic mass is 10.1. The van der Waals surface area contributed by atoms with Crippen molar-refractivity contribution in [3.8, 4) is 11.5 Å². The first-order chi connectivity index (χ1) is 13.1. The van der Waals surface area contributed by atoms with Gasteiger partial charge in [0.1, 0.15) is 0 Å². The average molecular weight is 399 g/mol. The Morgan fingerprint density at radius 3 is 2.41 bits per heavy atom. The molecule has 0 radical (unpaired) electrons. The molecule has 0 saturated carbocycles. The van der Waals surface area contributed by atoms with Crippen LogP contribution in [0.15, 0.2) is 64.9 Å². The Labute approximate surface area is 168 Å². The minimum absolute atomic E-state index is 0.0119. The number of aryl methyl sites for hydroxylation is 1. The maximum absolute atomic E-state index is 12.8. The third-order valence-electron chi connectivity index (χ3n) is 4.25. The summed E-state index contributed by atoms with van der Waals surface area (Å²) in [5.41, 5.74) is 2.26. The van der Waals surface area contributed by atoms with Gasteiger partial charge in [0.25, 0.3) is 0 Å². The van der Waals surface area contributed by atoms with E-state index >= 15 is 0 Å². The molecule has 5 heteroatoms. The van der Waals surface area contributed by atoms with Crippen LogP contribution >= 0.6 is 23.1 Å². The molecule has 3 aromatic rings. The highest BCUT2D eigenvalue weighted by atomic mass is 32.2. The number of ether oxygens (including phenoxy) is 2. The lowest BCUT2D eigenvalue weighted by molar-refractivity contribution is 0.0986. The second kappa shape index (κ2) is 9.11. The van der Waals surface area contributed by atoms with E-state index in [-0.39, 0.29) is 11.0 Å². The van der Waals surface area contributed by atoms with Gasteiger partial charge in [-0.25, -0.2) is 0 Å². The summed E-state index contributed by atoms with van der Waals surface area (Å²) in [7, 11) is 3.25. The van der Waals surface area contributed by atoms with Gasteiger partial charge in [0.05, 0.1) is 19.1 Å². The first-order valence-electron chi connectivity index (χ1n) is 8.62. The Kier molecular flexibility index (Phi) is 6.58. The lowest BCUT2D eigenvalue weighted by Gasteiger charge is -2.18. The van der Waals surface area contributed by atoms with Crippen molar-refractivity contribution in [2.45, 2.75) is 23.5 Å². The third kappa shape index (κ3) is 4.93. The minimum atomic E-state index is -0.0119. The average Bonchev–Trinajstić information content (AvgIpc) is 3.23. The zero-order chi connectivity index (χ0) is 19.2. The van der Waals surface area contributed by atoms with Gasteiger partial charge in [0.2, 0.25) is 0 Å². The molecule has 0 unspecified atom stereocenters. The number of hydrogen-bond donors (Lipinski definition) is 0. The molecule has 0 saturated heterocycles. The fourth-order valence-corrected chi connectivity index (χ4v) is 4.58. The molecule has 0 N–H and O–H groups in total. The van der Waals surface area contributed by atoms with E-state index in [2.05, 4.69) is 31.2 Å². The van der Waals surface area contributed by atoms with E-state index in [1.54, 1.807) is 26.0 Å². The van der Waals surface area contributed by atoms with Crippen molar-refractivity contribution in [2.75, 3.05) is 14.2 Å². The molecule has 0 aliphatic rings. The molecule has 3 rings (SSSR count). The van der Waals surface area contributed by atoms with Gasteiger partial charge in [-0.1, -0.05) is 29.8 Å². The van der Waals surface area contributed by atoms with E-state index in [1.807, 2.05) is 35.7 Å². The highest BCUT2D eigenvalue weighted by Gasteiger charge is 2.21. The summed E-state index contributed by atoms with van der Waals surface area (Å²) in [5, 5.41) is 1.92. The largest absolute Gasteiger partial charge is 0.493 e. The number of carbonyl (C=O) groups is 1. The first-order valence-corrected chi connectivity index (χ1v) is 10.4. The van der Waals surface area contributed by atoms with Gasteiger partial charge >= 0.3 is 0 Å². The minimum Gasteiger partial charge on any atom is -0.493 e. The topological polar surface area (TPSA) is 35.5 Å². The Bertz CT molecular complexity index is 886. The molecule has 0 bridgehead atoms. The summed E-state index contributed by atoms with van der Waals surface area (Å²) in [5.74, 6) is 1.52. The molecular formula is C22H22O3S2. The van der Waals surface area contributed by atoms with Crippen LogP contribution in [0.25, 0.3) is 0 Å². The Hall–Kier alpha value is -2.24. The second-order valence-electron chi connectivity index (χ2n) is 6.14. The van der Waals surface area contributed by atoms with Crippen molar-refractivity contribution in [3.63, 3.8) is 0 Å². The number of benzene rings is 2. The Morgan fingerprint density at radius 2 is 1.78 bits per heavy atom. The van der Waals surface area contributed by atoms with Gasteiger partial charge < -0.3 is 9.47 Å². The standard InChI is InChI=1S/C22H22O3S2/c1-15-6-9-17(10-7-15)27-22(14-18(23)21-5-4-12-26-21)16-8-11-19(24-2)20(13-16)25-3/h4-13,22H,14H2,1-3H3/t22-/m0/s1. The van der Waals surface area contributed by atoms with E-state index in [4.69, 9.17) is 9.47 Å². The third-order valence-corrected chi connectivity index (χ3v) is 6.42. The number of rotatable bonds is 8. The van der Waals surface area contributed by atoms with Crippen LogP contribution in [-0.2, 0) is 0 Å². The quantitative estimate of drug-likeness (QED) is 0.335. The van der Waals surface area contributed by atoms with Crippen LogP contribution < -0.4 is 9.47 Å². The van der Waals surface area contributed by atoms with Gasteiger partial charge in [-0.05, 0) is 48.2 Å². The van der Waals surface area contributed by atoms with E-state index in [0.717, 1.165) is 15.3 Å². The molecule has 0 fully saturated rings. The highest BCUT2D eigenvalue weighted by molar-refractivity contribution is 7.99.